The molecule has 2 heterocycles. The van der Waals surface area contributed by atoms with Crippen LogP contribution in [0.25, 0.3) is 10.8 Å². The first-order valence-corrected chi connectivity index (χ1v) is 9.85. The second kappa shape index (κ2) is 8.01. The Balaban J connectivity index is 1.56. The van der Waals surface area contributed by atoms with Crippen molar-refractivity contribution in [1.82, 2.24) is 10.2 Å². The van der Waals surface area contributed by atoms with Crippen molar-refractivity contribution >= 4 is 33.7 Å². The van der Waals surface area contributed by atoms with Crippen LogP contribution < -0.4 is 15.8 Å². The molecule has 4 rings (SSSR count). The van der Waals surface area contributed by atoms with Crippen LogP contribution in [0.15, 0.2) is 47.3 Å². The summed E-state index contributed by atoms with van der Waals surface area (Å²) >= 11 is 6.14. The maximum Gasteiger partial charge on any atom is 0.272 e. The first kappa shape index (κ1) is 17.9. The Hall–Kier alpha value is -2.53. The normalized spacial score (nSPS) is 14.9. The maximum atomic E-state index is 11.9. The van der Waals surface area contributed by atoms with Crippen LogP contribution in [0.5, 0.6) is 0 Å². The summed E-state index contributed by atoms with van der Waals surface area (Å²) in [6, 6.07) is 14.1. The summed E-state index contributed by atoms with van der Waals surface area (Å²) < 4.78 is 0. The number of aromatic amines is 1. The van der Waals surface area contributed by atoms with Gasteiger partial charge in [0.2, 0.25) is 0 Å². The summed E-state index contributed by atoms with van der Waals surface area (Å²) in [7, 11) is 0. The van der Waals surface area contributed by atoms with Gasteiger partial charge in [-0.2, -0.15) is 5.10 Å². The minimum atomic E-state index is -0.229. The molecule has 0 bridgehead atoms. The van der Waals surface area contributed by atoms with Crippen molar-refractivity contribution < 1.29 is 0 Å². The molecular formula is C21H23ClN4O. The molecule has 2 aromatic carbocycles. The SMILES string of the molecule is O=c1[nH]nc(Cl)c2cc(NCc3ccccc3N3CCCCCC3)ccc12. The summed E-state index contributed by atoms with van der Waals surface area (Å²) in [5.41, 5.74) is 3.27. The number of benzene rings is 2. The fourth-order valence-electron chi connectivity index (χ4n) is 3.72. The van der Waals surface area contributed by atoms with Gasteiger partial charge in [-0.1, -0.05) is 42.6 Å². The fraction of sp³-hybridized carbons (Fsp3) is 0.333. The number of fused-ring (bicyclic) bond motifs is 1. The second-order valence-corrected chi connectivity index (χ2v) is 7.35. The highest BCUT2D eigenvalue weighted by Crippen LogP contribution is 2.26. The van der Waals surface area contributed by atoms with Gasteiger partial charge in [0.1, 0.15) is 0 Å². The molecule has 0 radical (unpaired) electrons. The number of aromatic nitrogens is 2. The van der Waals surface area contributed by atoms with Crippen molar-refractivity contribution in [1.29, 1.82) is 0 Å². The zero-order chi connectivity index (χ0) is 18.6. The predicted molar refractivity (Wildman–Crippen MR) is 112 cm³/mol. The predicted octanol–water partition coefficient (Wildman–Crippen LogP) is 4.57. The molecule has 1 fully saturated rings. The molecule has 0 unspecified atom stereocenters. The first-order valence-electron chi connectivity index (χ1n) is 9.47. The number of hydrogen-bond donors (Lipinski definition) is 2. The lowest BCUT2D eigenvalue weighted by Gasteiger charge is -2.25. The van der Waals surface area contributed by atoms with Crippen molar-refractivity contribution in [2.75, 3.05) is 23.3 Å². The third kappa shape index (κ3) is 3.93. The Labute approximate surface area is 163 Å². The van der Waals surface area contributed by atoms with Gasteiger partial charge in [-0.15, -0.1) is 0 Å². The molecule has 0 aliphatic carbocycles. The van der Waals surface area contributed by atoms with Crippen LogP contribution in [0.2, 0.25) is 5.15 Å². The Morgan fingerprint density at radius 1 is 1.04 bits per heavy atom. The zero-order valence-electron chi connectivity index (χ0n) is 15.2. The van der Waals surface area contributed by atoms with Gasteiger partial charge >= 0.3 is 0 Å². The number of nitrogens with zero attached hydrogens (tertiary/aromatic N) is 2. The Morgan fingerprint density at radius 3 is 2.63 bits per heavy atom. The number of rotatable bonds is 4. The molecule has 0 amide bonds. The van der Waals surface area contributed by atoms with Crippen molar-refractivity contribution in [3.63, 3.8) is 0 Å². The molecular weight excluding hydrogens is 360 g/mol. The van der Waals surface area contributed by atoms with Crippen molar-refractivity contribution in [3.05, 3.63) is 63.5 Å². The molecule has 1 aliphatic rings. The number of halogens is 1. The monoisotopic (exact) mass is 382 g/mol. The number of nitrogens with one attached hydrogen (secondary N) is 2. The topological polar surface area (TPSA) is 61.0 Å². The standard InChI is InChI=1S/C21H23ClN4O/c22-20-18-13-16(9-10-17(18)21(27)25-24-20)23-14-15-7-3-4-8-19(15)26-11-5-1-2-6-12-26/h3-4,7-10,13,23H,1-2,5-6,11-12,14H2,(H,25,27). The minimum absolute atomic E-state index is 0.229. The summed E-state index contributed by atoms with van der Waals surface area (Å²) in [5.74, 6) is 0. The summed E-state index contributed by atoms with van der Waals surface area (Å²) in [6.45, 7) is 2.96. The van der Waals surface area contributed by atoms with E-state index in [0.717, 1.165) is 18.8 Å². The van der Waals surface area contributed by atoms with Crippen LogP contribution in [-0.4, -0.2) is 23.3 Å². The van der Waals surface area contributed by atoms with E-state index in [1.807, 2.05) is 12.1 Å². The van der Waals surface area contributed by atoms with Crippen molar-refractivity contribution in [2.45, 2.75) is 32.2 Å². The van der Waals surface area contributed by atoms with Gasteiger partial charge < -0.3 is 10.2 Å². The average molecular weight is 383 g/mol. The molecule has 1 aromatic heterocycles. The highest BCUT2D eigenvalue weighted by atomic mass is 35.5. The molecule has 27 heavy (non-hydrogen) atoms. The molecule has 3 aromatic rings. The van der Waals surface area contributed by atoms with Gasteiger partial charge in [0.25, 0.3) is 5.56 Å². The van der Waals surface area contributed by atoms with E-state index in [0.29, 0.717) is 22.5 Å². The number of para-hydroxylation sites is 1. The highest BCUT2D eigenvalue weighted by molar-refractivity contribution is 6.34. The van der Waals surface area contributed by atoms with E-state index < -0.39 is 0 Å². The van der Waals surface area contributed by atoms with Crippen molar-refractivity contribution in [3.8, 4) is 0 Å². The summed E-state index contributed by atoms with van der Waals surface area (Å²) in [5, 5.41) is 11.2. The Bertz CT molecular complexity index is 993. The second-order valence-electron chi connectivity index (χ2n) is 6.99. The molecule has 140 valence electrons. The van der Waals surface area contributed by atoms with E-state index in [9.17, 15) is 4.79 Å². The zero-order valence-corrected chi connectivity index (χ0v) is 15.9. The van der Waals surface area contributed by atoms with Gasteiger partial charge in [0.05, 0.1) is 5.39 Å². The summed E-state index contributed by atoms with van der Waals surface area (Å²) in [4.78, 5) is 14.4. The maximum absolute atomic E-state index is 11.9. The van der Waals surface area contributed by atoms with E-state index in [4.69, 9.17) is 11.6 Å². The van der Waals surface area contributed by atoms with Crippen molar-refractivity contribution in [2.24, 2.45) is 0 Å². The van der Waals surface area contributed by atoms with E-state index in [-0.39, 0.29) is 5.56 Å². The van der Waals surface area contributed by atoms with Crippen LogP contribution in [0, 0.1) is 0 Å². The molecule has 2 N–H and O–H groups in total. The van der Waals surface area contributed by atoms with Crippen LogP contribution >= 0.6 is 11.6 Å². The molecule has 6 heteroatoms. The van der Waals surface area contributed by atoms with Gasteiger partial charge in [-0.25, -0.2) is 5.10 Å². The third-order valence-corrected chi connectivity index (χ3v) is 5.45. The van der Waals surface area contributed by atoms with Gasteiger partial charge in [-0.05, 0) is 42.7 Å². The molecule has 0 atom stereocenters. The number of H-pyrrole nitrogens is 1. The number of anilines is 2. The van der Waals surface area contributed by atoms with Gasteiger partial charge in [-0.3, -0.25) is 4.79 Å². The summed E-state index contributed by atoms with van der Waals surface area (Å²) in [6.07, 6.45) is 5.16. The lowest BCUT2D eigenvalue weighted by molar-refractivity contribution is 0.726. The smallest absolute Gasteiger partial charge is 0.272 e. The van der Waals surface area contributed by atoms with E-state index in [2.05, 4.69) is 44.7 Å². The quantitative estimate of drug-likeness (QED) is 0.693. The lowest BCUT2D eigenvalue weighted by atomic mass is 10.1. The molecule has 0 spiro atoms. The third-order valence-electron chi connectivity index (χ3n) is 5.16. The Kier molecular flexibility index (Phi) is 5.30. The molecule has 1 aliphatic heterocycles. The molecule has 5 nitrogen and oxygen atoms in total. The molecule has 0 saturated carbocycles. The average Bonchev–Trinajstić information content (AvgIpc) is 2.99. The fourth-order valence-corrected chi connectivity index (χ4v) is 3.92. The highest BCUT2D eigenvalue weighted by Gasteiger charge is 2.13. The number of hydrogen-bond acceptors (Lipinski definition) is 4. The van der Waals surface area contributed by atoms with Gasteiger partial charge in [0.15, 0.2) is 5.15 Å². The van der Waals surface area contributed by atoms with Crippen LogP contribution in [0.4, 0.5) is 11.4 Å². The first-order chi connectivity index (χ1) is 13.2. The van der Waals surface area contributed by atoms with Gasteiger partial charge in [0, 0.05) is 36.4 Å². The van der Waals surface area contributed by atoms with E-state index >= 15 is 0 Å². The molecule has 1 saturated heterocycles. The largest absolute Gasteiger partial charge is 0.381 e. The van der Waals surface area contributed by atoms with Crippen LogP contribution in [0.1, 0.15) is 31.2 Å². The van der Waals surface area contributed by atoms with Crippen LogP contribution in [0.3, 0.4) is 0 Å². The van der Waals surface area contributed by atoms with E-state index in [1.165, 1.54) is 36.9 Å². The Morgan fingerprint density at radius 2 is 1.81 bits per heavy atom. The van der Waals surface area contributed by atoms with E-state index in [1.54, 1.807) is 6.07 Å². The minimum Gasteiger partial charge on any atom is -0.381 e. The van der Waals surface area contributed by atoms with Crippen LogP contribution in [-0.2, 0) is 6.54 Å². The lowest BCUT2D eigenvalue weighted by Crippen LogP contribution is -2.25.